The smallest absolute Gasteiger partial charge is 0.320 e. The zero-order valence-corrected chi connectivity index (χ0v) is 13.5. The normalized spacial score (nSPS) is 20.5. The molecule has 2 N–H and O–H groups in total. The summed E-state index contributed by atoms with van der Waals surface area (Å²) in [6.45, 7) is 4.60. The standard InChI is InChI=1S/C16H21N5O2/c1-10-14(11(2)21(3)20-10)15-12(7-9-23-15)18-16(22)19-13-6-4-5-8-17-13/h4-6,8,12,15H,7,9H2,1-3H3,(H2,17,18,19,22)/t12-,15-/m0/s1. The highest BCUT2D eigenvalue weighted by Gasteiger charge is 2.34. The fourth-order valence-electron chi connectivity index (χ4n) is 2.98. The number of nitrogens with zero attached hydrogens (tertiary/aromatic N) is 3. The molecule has 0 radical (unpaired) electrons. The third-order valence-electron chi connectivity index (χ3n) is 4.16. The summed E-state index contributed by atoms with van der Waals surface area (Å²) in [5.41, 5.74) is 3.06. The SMILES string of the molecule is Cc1nn(C)c(C)c1[C@H]1OCC[C@@H]1NC(=O)Nc1ccccn1. The van der Waals surface area contributed by atoms with Crippen LogP contribution in [0.1, 0.15) is 29.5 Å². The van der Waals surface area contributed by atoms with Crippen molar-refractivity contribution in [2.24, 2.45) is 7.05 Å². The van der Waals surface area contributed by atoms with Crippen LogP contribution in [0.4, 0.5) is 10.6 Å². The van der Waals surface area contributed by atoms with E-state index in [0.717, 1.165) is 23.4 Å². The maximum Gasteiger partial charge on any atom is 0.320 e. The minimum absolute atomic E-state index is 0.0830. The van der Waals surface area contributed by atoms with Crippen LogP contribution in [0.3, 0.4) is 0 Å². The first kappa shape index (κ1) is 15.5. The lowest BCUT2D eigenvalue weighted by Crippen LogP contribution is -2.40. The summed E-state index contributed by atoms with van der Waals surface area (Å²) >= 11 is 0. The van der Waals surface area contributed by atoms with Gasteiger partial charge in [-0.05, 0) is 32.4 Å². The van der Waals surface area contributed by atoms with Gasteiger partial charge in [0.2, 0.25) is 0 Å². The quantitative estimate of drug-likeness (QED) is 0.908. The van der Waals surface area contributed by atoms with Crippen molar-refractivity contribution in [3.05, 3.63) is 41.3 Å². The van der Waals surface area contributed by atoms with Gasteiger partial charge in [-0.1, -0.05) is 6.07 Å². The van der Waals surface area contributed by atoms with E-state index >= 15 is 0 Å². The number of amides is 2. The summed E-state index contributed by atoms with van der Waals surface area (Å²) in [7, 11) is 1.91. The van der Waals surface area contributed by atoms with Crippen molar-refractivity contribution in [3.63, 3.8) is 0 Å². The van der Waals surface area contributed by atoms with Crippen LogP contribution in [0, 0.1) is 13.8 Å². The molecule has 2 amide bonds. The maximum atomic E-state index is 12.2. The number of pyridine rings is 1. The molecule has 1 aliphatic heterocycles. The second-order valence-electron chi connectivity index (χ2n) is 5.71. The van der Waals surface area contributed by atoms with Crippen molar-refractivity contribution in [2.45, 2.75) is 32.4 Å². The molecule has 0 spiro atoms. The number of ether oxygens (including phenoxy) is 1. The van der Waals surface area contributed by atoms with Gasteiger partial charge in [-0.15, -0.1) is 0 Å². The fraction of sp³-hybridized carbons (Fsp3) is 0.438. The van der Waals surface area contributed by atoms with Crippen molar-refractivity contribution < 1.29 is 9.53 Å². The Balaban J connectivity index is 1.71. The van der Waals surface area contributed by atoms with Gasteiger partial charge in [0.25, 0.3) is 0 Å². The largest absolute Gasteiger partial charge is 0.371 e. The summed E-state index contributed by atoms with van der Waals surface area (Å²) in [5, 5.41) is 10.2. The van der Waals surface area contributed by atoms with Crippen molar-refractivity contribution in [3.8, 4) is 0 Å². The van der Waals surface area contributed by atoms with E-state index in [1.54, 1.807) is 18.3 Å². The number of rotatable bonds is 3. The topological polar surface area (TPSA) is 81.1 Å². The van der Waals surface area contributed by atoms with Gasteiger partial charge in [-0.25, -0.2) is 9.78 Å². The Labute approximate surface area is 135 Å². The van der Waals surface area contributed by atoms with Crippen molar-refractivity contribution in [1.29, 1.82) is 0 Å². The molecule has 0 aromatic carbocycles. The van der Waals surface area contributed by atoms with Gasteiger partial charge >= 0.3 is 6.03 Å². The fourth-order valence-corrected chi connectivity index (χ4v) is 2.98. The number of hydrogen-bond donors (Lipinski definition) is 2. The molecule has 0 unspecified atom stereocenters. The minimum atomic E-state index is -0.275. The Kier molecular flexibility index (Phi) is 4.29. The number of hydrogen-bond acceptors (Lipinski definition) is 4. The summed E-state index contributed by atoms with van der Waals surface area (Å²) in [4.78, 5) is 16.3. The molecule has 122 valence electrons. The Morgan fingerprint density at radius 2 is 2.22 bits per heavy atom. The van der Waals surface area contributed by atoms with E-state index in [1.165, 1.54) is 0 Å². The number of aromatic nitrogens is 3. The highest BCUT2D eigenvalue weighted by atomic mass is 16.5. The van der Waals surface area contributed by atoms with Gasteiger partial charge in [0.15, 0.2) is 0 Å². The zero-order valence-electron chi connectivity index (χ0n) is 13.5. The molecule has 7 nitrogen and oxygen atoms in total. The van der Waals surface area contributed by atoms with E-state index in [1.807, 2.05) is 31.6 Å². The minimum Gasteiger partial charge on any atom is -0.371 e. The molecule has 2 atom stereocenters. The summed E-state index contributed by atoms with van der Waals surface area (Å²) in [6.07, 6.45) is 2.24. The Hall–Kier alpha value is -2.41. The zero-order chi connectivity index (χ0) is 16.4. The summed E-state index contributed by atoms with van der Waals surface area (Å²) in [5.74, 6) is 0.522. The molecule has 0 bridgehead atoms. The highest BCUT2D eigenvalue weighted by molar-refractivity contribution is 5.88. The van der Waals surface area contributed by atoms with Crippen molar-refractivity contribution in [2.75, 3.05) is 11.9 Å². The van der Waals surface area contributed by atoms with Gasteiger partial charge in [0, 0.05) is 31.1 Å². The van der Waals surface area contributed by atoms with Gasteiger partial charge in [-0.2, -0.15) is 5.10 Å². The Morgan fingerprint density at radius 3 is 2.87 bits per heavy atom. The predicted octanol–water partition coefficient (Wildman–Crippen LogP) is 2.08. The van der Waals surface area contributed by atoms with Crippen molar-refractivity contribution in [1.82, 2.24) is 20.1 Å². The molecule has 3 heterocycles. The second kappa shape index (κ2) is 6.37. The van der Waals surface area contributed by atoms with Crippen LogP contribution >= 0.6 is 0 Å². The predicted molar refractivity (Wildman–Crippen MR) is 86.2 cm³/mol. The molecular formula is C16H21N5O2. The van der Waals surface area contributed by atoms with E-state index in [4.69, 9.17) is 4.74 Å². The Morgan fingerprint density at radius 1 is 1.39 bits per heavy atom. The molecule has 2 aromatic heterocycles. The van der Waals surface area contributed by atoms with Gasteiger partial charge in [0.05, 0.1) is 11.7 Å². The van der Waals surface area contributed by atoms with Crippen LogP contribution in [-0.4, -0.2) is 33.4 Å². The van der Waals surface area contributed by atoms with Crippen LogP contribution < -0.4 is 10.6 Å². The van der Waals surface area contributed by atoms with E-state index in [-0.39, 0.29) is 18.2 Å². The highest BCUT2D eigenvalue weighted by Crippen LogP contribution is 2.33. The number of aryl methyl sites for hydroxylation is 2. The van der Waals surface area contributed by atoms with Crippen LogP contribution in [0.25, 0.3) is 0 Å². The number of urea groups is 1. The van der Waals surface area contributed by atoms with Gasteiger partial charge in [-0.3, -0.25) is 10.00 Å². The lowest BCUT2D eigenvalue weighted by Gasteiger charge is -2.20. The average molecular weight is 315 g/mol. The molecule has 0 aliphatic carbocycles. The second-order valence-corrected chi connectivity index (χ2v) is 5.71. The molecule has 1 saturated heterocycles. The number of carbonyl (C=O) groups excluding carboxylic acids is 1. The average Bonchev–Trinajstić information content (AvgIpc) is 3.05. The molecule has 3 rings (SSSR count). The van der Waals surface area contributed by atoms with Crippen LogP contribution in [0.15, 0.2) is 24.4 Å². The molecule has 23 heavy (non-hydrogen) atoms. The van der Waals surface area contributed by atoms with Crippen molar-refractivity contribution >= 4 is 11.8 Å². The third kappa shape index (κ3) is 3.19. The number of carbonyl (C=O) groups is 1. The first-order chi connectivity index (χ1) is 11.1. The lowest BCUT2D eigenvalue weighted by molar-refractivity contribution is 0.0993. The number of anilines is 1. The first-order valence-corrected chi connectivity index (χ1v) is 7.66. The molecular weight excluding hydrogens is 294 g/mol. The van der Waals surface area contributed by atoms with Gasteiger partial charge in [0.1, 0.15) is 11.9 Å². The summed E-state index contributed by atoms with van der Waals surface area (Å²) in [6, 6.07) is 5.02. The van der Waals surface area contributed by atoms with Crippen LogP contribution in [0.2, 0.25) is 0 Å². The molecule has 0 saturated carbocycles. The third-order valence-corrected chi connectivity index (χ3v) is 4.16. The molecule has 2 aromatic rings. The van der Waals surface area contributed by atoms with E-state index in [2.05, 4.69) is 20.7 Å². The molecule has 1 fully saturated rings. The maximum absolute atomic E-state index is 12.2. The first-order valence-electron chi connectivity index (χ1n) is 7.66. The molecule has 1 aliphatic rings. The number of nitrogens with one attached hydrogen (secondary N) is 2. The van der Waals surface area contributed by atoms with Gasteiger partial charge < -0.3 is 10.1 Å². The van der Waals surface area contributed by atoms with E-state index in [9.17, 15) is 4.79 Å². The van der Waals surface area contributed by atoms with Crippen LogP contribution in [-0.2, 0) is 11.8 Å². The summed E-state index contributed by atoms with van der Waals surface area (Å²) < 4.78 is 7.71. The van der Waals surface area contributed by atoms with Crippen LogP contribution in [0.5, 0.6) is 0 Å². The van der Waals surface area contributed by atoms with E-state index < -0.39 is 0 Å². The monoisotopic (exact) mass is 315 g/mol. The Bertz CT molecular complexity index is 698. The molecule has 7 heteroatoms. The van der Waals surface area contributed by atoms with E-state index in [0.29, 0.717) is 12.4 Å². The lowest BCUT2D eigenvalue weighted by atomic mass is 10.0.